The lowest BCUT2D eigenvalue weighted by molar-refractivity contribution is 0.0429. The second-order valence-corrected chi connectivity index (χ2v) is 14.1. The molecule has 2 fully saturated rings. The molecule has 11 heteroatoms. The van der Waals surface area contributed by atoms with Crippen molar-refractivity contribution in [2.75, 3.05) is 31.1 Å². The van der Waals surface area contributed by atoms with E-state index in [9.17, 15) is 14.0 Å². The molecule has 1 aromatic carbocycles. The van der Waals surface area contributed by atoms with Gasteiger partial charge in [0.15, 0.2) is 0 Å². The van der Waals surface area contributed by atoms with Gasteiger partial charge in [-0.3, -0.25) is 4.79 Å². The number of nitrogens with one attached hydrogen (secondary N) is 2. The molecule has 1 saturated carbocycles. The van der Waals surface area contributed by atoms with Gasteiger partial charge in [-0.05, 0) is 97.9 Å². The van der Waals surface area contributed by atoms with Crippen LogP contribution in [0.1, 0.15) is 83.4 Å². The summed E-state index contributed by atoms with van der Waals surface area (Å²) in [5, 5.41) is 6.31. The zero-order valence-corrected chi connectivity index (χ0v) is 28.1. The Bertz CT molecular complexity index is 1570. The minimum Gasteiger partial charge on any atom is -0.444 e. The second kappa shape index (κ2) is 13.2. The minimum atomic E-state index is -1.32. The topological polar surface area (TPSA) is 91.2 Å². The Kier molecular flexibility index (Phi) is 9.63. The molecule has 46 heavy (non-hydrogen) atoms. The summed E-state index contributed by atoms with van der Waals surface area (Å²) in [5.74, 6) is 0.130. The number of rotatable bonds is 9. The molecule has 3 aromatic rings. The van der Waals surface area contributed by atoms with Crippen LogP contribution in [0.15, 0.2) is 36.7 Å². The van der Waals surface area contributed by atoms with E-state index in [-0.39, 0.29) is 30.6 Å². The van der Waals surface area contributed by atoms with Crippen molar-refractivity contribution in [2.24, 2.45) is 0 Å². The van der Waals surface area contributed by atoms with Gasteiger partial charge in [-0.2, -0.15) is 0 Å². The van der Waals surface area contributed by atoms with E-state index < -0.39 is 23.2 Å². The number of ether oxygens (including phenoxy) is 1. The molecule has 250 valence electrons. The number of carbonyl (C=O) groups is 2. The van der Waals surface area contributed by atoms with Crippen molar-refractivity contribution in [3.63, 3.8) is 0 Å². The summed E-state index contributed by atoms with van der Waals surface area (Å²) in [5.41, 5.74) is 1.67. The maximum absolute atomic E-state index is 15.7. The Labute approximate surface area is 270 Å². The molecule has 0 spiro atoms. The van der Waals surface area contributed by atoms with Crippen LogP contribution in [0.2, 0.25) is 0 Å². The molecule has 2 aliphatic rings. The fourth-order valence-corrected chi connectivity index (χ4v) is 6.50. The summed E-state index contributed by atoms with van der Waals surface area (Å²) >= 11 is 0. The fourth-order valence-electron chi connectivity index (χ4n) is 6.50. The van der Waals surface area contributed by atoms with Gasteiger partial charge in [-0.15, -0.1) is 0 Å². The summed E-state index contributed by atoms with van der Waals surface area (Å²) in [6.07, 6.45) is 5.26. The van der Waals surface area contributed by atoms with Gasteiger partial charge in [0.25, 0.3) is 5.91 Å². The van der Waals surface area contributed by atoms with E-state index >= 15 is 4.39 Å². The number of aromatic nitrogens is 2. The Morgan fingerprint density at radius 1 is 1.13 bits per heavy atom. The Hall–Kier alpha value is -3.73. The standard InChI is InChI=1S/C35H48F2N6O3/c1-8-42(22(2)3)32(44)30-15-24(36)9-10-28(30)29-16-27(20-43-23(4)38-17-31(29)43)41-18-26(19-41)39-21-35(37)13-11-25(12-14-35)40-33(45)46-34(5,6)7/h9-10,15-17,20,22,25-26,39H,8,11-14,18-19,21H2,1-7H3,(H,40,45). The summed E-state index contributed by atoms with van der Waals surface area (Å²) < 4.78 is 37.6. The highest BCUT2D eigenvalue weighted by Gasteiger charge is 2.38. The van der Waals surface area contributed by atoms with Gasteiger partial charge in [0, 0.05) is 56.1 Å². The first kappa shape index (κ1) is 33.6. The first-order valence-corrected chi connectivity index (χ1v) is 16.4. The van der Waals surface area contributed by atoms with Crippen LogP contribution in [0.3, 0.4) is 0 Å². The van der Waals surface area contributed by atoms with Crippen LogP contribution in [0, 0.1) is 12.7 Å². The van der Waals surface area contributed by atoms with Gasteiger partial charge >= 0.3 is 6.09 Å². The lowest BCUT2D eigenvalue weighted by atomic mass is 9.83. The number of halogens is 2. The van der Waals surface area contributed by atoms with Crippen molar-refractivity contribution in [1.82, 2.24) is 24.9 Å². The third-order valence-electron chi connectivity index (χ3n) is 9.10. The van der Waals surface area contributed by atoms with Gasteiger partial charge in [-0.25, -0.2) is 18.6 Å². The molecule has 1 saturated heterocycles. The van der Waals surface area contributed by atoms with Crippen molar-refractivity contribution in [2.45, 2.75) is 104 Å². The molecular formula is C35H48F2N6O3. The van der Waals surface area contributed by atoms with E-state index in [0.717, 1.165) is 22.6 Å². The molecular weight excluding hydrogens is 590 g/mol. The van der Waals surface area contributed by atoms with E-state index in [4.69, 9.17) is 4.74 Å². The Balaban J connectivity index is 1.26. The van der Waals surface area contributed by atoms with E-state index in [1.54, 1.807) is 17.2 Å². The maximum atomic E-state index is 15.7. The van der Waals surface area contributed by atoms with Crippen LogP contribution >= 0.6 is 0 Å². The molecule has 9 nitrogen and oxygen atoms in total. The predicted octanol–water partition coefficient (Wildman–Crippen LogP) is 6.27. The quantitative estimate of drug-likeness (QED) is 0.287. The van der Waals surface area contributed by atoms with Crippen molar-refractivity contribution in [3.8, 4) is 11.1 Å². The van der Waals surface area contributed by atoms with E-state index in [2.05, 4.69) is 20.5 Å². The van der Waals surface area contributed by atoms with E-state index in [1.807, 2.05) is 65.1 Å². The Morgan fingerprint density at radius 2 is 1.83 bits per heavy atom. The number of alkyl halides is 1. The van der Waals surface area contributed by atoms with Gasteiger partial charge in [0.1, 0.15) is 22.9 Å². The van der Waals surface area contributed by atoms with Crippen molar-refractivity contribution in [3.05, 3.63) is 53.9 Å². The molecule has 3 heterocycles. The number of fused-ring (bicyclic) bond motifs is 1. The first-order chi connectivity index (χ1) is 21.7. The predicted molar refractivity (Wildman–Crippen MR) is 177 cm³/mol. The molecule has 0 unspecified atom stereocenters. The molecule has 0 atom stereocenters. The third-order valence-corrected chi connectivity index (χ3v) is 9.10. The number of nitrogens with zero attached hydrogens (tertiary/aromatic N) is 4. The van der Waals surface area contributed by atoms with Gasteiger partial charge in [-0.1, -0.05) is 6.07 Å². The maximum Gasteiger partial charge on any atom is 0.407 e. The highest BCUT2D eigenvalue weighted by atomic mass is 19.1. The fraction of sp³-hybridized carbons (Fsp3) is 0.571. The average Bonchev–Trinajstić information content (AvgIpc) is 3.32. The highest BCUT2D eigenvalue weighted by Crippen LogP contribution is 2.36. The average molecular weight is 639 g/mol. The molecule has 2 aromatic heterocycles. The summed E-state index contributed by atoms with van der Waals surface area (Å²) in [6.45, 7) is 15.4. The number of pyridine rings is 1. The van der Waals surface area contributed by atoms with Gasteiger partial charge in [0.05, 0.1) is 23.0 Å². The highest BCUT2D eigenvalue weighted by molar-refractivity contribution is 6.03. The number of hydrogen-bond acceptors (Lipinski definition) is 6. The molecule has 1 aliphatic heterocycles. The number of aryl methyl sites for hydroxylation is 1. The monoisotopic (exact) mass is 638 g/mol. The van der Waals surface area contributed by atoms with Crippen LogP contribution in [0.5, 0.6) is 0 Å². The molecule has 1 aliphatic carbocycles. The number of carbonyl (C=O) groups excluding carboxylic acids is 2. The summed E-state index contributed by atoms with van der Waals surface area (Å²) in [7, 11) is 0. The lowest BCUT2D eigenvalue weighted by Gasteiger charge is -2.43. The smallest absolute Gasteiger partial charge is 0.407 e. The Morgan fingerprint density at radius 3 is 2.46 bits per heavy atom. The minimum absolute atomic E-state index is 0.0323. The largest absolute Gasteiger partial charge is 0.444 e. The number of hydrogen-bond donors (Lipinski definition) is 2. The number of benzene rings is 1. The van der Waals surface area contributed by atoms with Crippen molar-refractivity contribution in [1.29, 1.82) is 0 Å². The van der Waals surface area contributed by atoms with Crippen molar-refractivity contribution >= 4 is 23.2 Å². The first-order valence-electron chi connectivity index (χ1n) is 16.4. The third kappa shape index (κ3) is 7.45. The van der Waals surface area contributed by atoms with Crippen LogP contribution in [-0.4, -0.2) is 81.9 Å². The molecule has 2 amide bonds. The number of anilines is 1. The van der Waals surface area contributed by atoms with E-state index in [0.29, 0.717) is 56.4 Å². The molecule has 0 radical (unpaired) electrons. The van der Waals surface area contributed by atoms with Crippen LogP contribution in [0.25, 0.3) is 16.6 Å². The number of imidazole rings is 1. The van der Waals surface area contributed by atoms with E-state index in [1.165, 1.54) is 12.1 Å². The molecule has 5 rings (SSSR count). The summed E-state index contributed by atoms with van der Waals surface area (Å²) in [4.78, 5) is 34.2. The zero-order valence-electron chi connectivity index (χ0n) is 28.1. The second-order valence-electron chi connectivity index (χ2n) is 14.1. The van der Waals surface area contributed by atoms with Gasteiger partial charge in [0.2, 0.25) is 0 Å². The van der Waals surface area contributed by atoms with Crippen LogP contribution < -0.4 is 15.5 Å². The lowest BCUT2D eigenvalue weighted by Crippen LogP contribution is -2.60. The molecule has 0 bridgehead atoms. The van der Waals surface area contributed by atoms with Crippen LogP contribution in [0.4, 0.5) is 19.3 Å². The van der Waals surface area contributed by atoms with Crippen LogP contribution in [-0.2, 0) is 4.74 Å². The normalized spacial score (nSPS) is 20.6. The van der Waals surface area contributed by atoms with Gasteiger partial charge < -0.3 is 29.6 Å². The number of amides is 2. The number of alkyl carbamates (subject to hydrolysis) is 1. The molecule has 2 N–H and O–H groups in total. The SMILES string of the molecule is CCN(C(=O)c1cc(F)ccc1-c1cc(N2CC(NCC3(F)CCC(NC(=O)OC(C)(C)C)CC3)C2)cn2c(C)ncc12)C(C)C. The summed E-state index contributed by atoms with van der Waals surface area (Å²) in [6, 6.07) is 6.44. The van der Waals surface area contributed by atoms with Crippen molar-refractivity contribution < 1.29 is 23.1 Å². The zero-order chi connectivity index (χ0) is 33.4.